The maximum absolute atomic E-state index is 14.8. The fourth-order valence-corrected chi connectivity index (χ4v) is 10.9. The van der Waals surface area contributed by atoms with Crippen LogP contribution < -0.4 is 10.7 Å². The number of hydrogen-bond acceptors (Lipinski definition) is 12. The van der Waals surface area contributed by atoms with Gasteiger partial charge in [0.15, 0.2) is 0 Å². The highest BCUT2D eigenvalue weighted by molar-refractivity contribution is 5.96. The number of benzene rings is 1. The Morgan fingerprint density at radius 2 is 1.76 bits per heavy atom. The standard InChI is InChI=1S/C53H68F3N9O9/c1-32(2)44(61(7)49(70)62-22-18-51(19-23-62)29-63(34(4)66)24-25-74-51)46(67)59-41-27-36-12-9-14-40(58-36)35-15-16-42-38(26-35)39(28-50(5,6)31-73-48(69)52(71)17-11-21-65(60-52)47(41)68)45(64(42)30-53(54,55)56)37-13-10-20-57-43(37)33(3)72-8/h9-10,12-16,20,26,32-33,41,44,60,71H,11,17-19,21-25,27-31H2,1-8H3,(H,59,67)/t33-,41-,44-,52-/m0/s1. The Labute approximate surface area is 428 Å². The van der Waals surface area contributed by atoms with E-state index in [1.165, 1.54) is 23.5 Å². The molecule has 7 heterocycles. The number of aliphatic hydroxyl groups is 1. The van der Waals surface area contributed by atoms with E-state index in [0.717, 1.165) is 5.01 Å². The van der Waals surface area contributed by atoms with Crippen LogP contribution in [0.2, 0.25) is 0 Å². The van der Waals surface area contributed by atoms with Crippen molar-refractivity contribution in [3.63, 3.8) is 0 Å². The highest BCUT2D eigenvalue weighted by Gasteiger charge is 2.47. The number of halogens is 3. The van der Waals surface area contributed by atoms with Gasteiger partial charge in [-0.3, -0.25) is 29.4 Å². The normalized spacial score (nSPS) is 22.3. The number of carbonyl (C=O) groups is 5. The molecule has 400 valence electrons. The molecule has 0 saturated carbocycles. The summed E-state index contributed by atoms with van der Waals surface area (Å²) in [6, 6.07) is 10.8. The number of methoxy groups -OCH3 is 1. The maximum Gasteiger partial charge on any atom is 0.406 e. The van der Waals surface area contributed by atoms with Gasteiger partial charge >= 0.3 is 18.2 Å². The lowest BCUT2D eigenvalue weighted by Gasteiger charge is -2.47. The van der Waals surface area contributed by atoms with E-state index < -0.39 is 77.4 Å². The molecule has 1 spiro atoms. The molecule has 74 heavy (non-hydrogen) atoms. The predicted molar refractivity (Wildman–Crippen MR) is 267 cm³/mol. The summed E-state index contributed by atoms with van der Waals surface area (Å²) in [4.78, 5) is 84.2. The van der Waals surface area contributed by atoms with Crippen molar-refractivity contribution in [2.45, 2.75) is 122 Å². The molecule has 3 saturated heterocycles. The second kappa shape index (κ2) is 21.2. The topological polar surface area (TPSA) is 201 Å². The summed E-state index contributed by atoms with van der Waals surface area (Å²) in [5, 5.41) is 16.4. The van der Waals surface area contributed by atoms with Crippen LogP contribution in [-0.2, 0) is 52.8 Å². The fraction of sp³-hybridized carbons (Fsp3) is 0.566. The van der Waals surface area contributed by atoms with Gasteiger partial charge in [0.1, 0.15) is 18.6 Å². The number of ether oxygens (including phenoxy) is 3. The van der Waals surface area contributed by atoms with E-state index in [-0.39, 0.29) is 56.0 Å². The van der Waals surface area contributed by atoms with E-state index in [0.29, 0.717) is 84.8 Å². The summed E-state index contributed by atoms with van der Waals surface area (Å²) in [5.74, 6) is -2.86. The number of urea groups is 1. The summed E-state index contributed by atoms with van der Waals surface area (Å²) < 4.78 is 63.2. The second-order valence-electron chi connectivity index (χ2n) is 21.4. The zero-order chi connectivity index (χ0) is 53.5. The Kier molecular flexibility index (Phi) is 15.5. The molecular formula is C53H68F3N9O9. The number of aromatic nitrogens is 3. The van der Waals surface area contributed by atoms with Crippen LogP contribution in [0.1, 0.15) is 90.3 Å². The van der Waals surface area contributed by atoms with Gasteiger partial charge in [-0.1, -0.05) is 39.8 Å². The first-order valence-electron chi connectivity index (χ1n) is 25.3. The zero-order valence-corrected chi connectivity index (χ0v) is 43.4. The highest BCUT2D eigenvalue weighted by atomic mass is 19.4. The molecular weight excluding hydrogens is 964 g/mol. The van der Waals surface area contributed by atoms with Gasteiger partial charge in [-0.2, -0.15) is 18.6 Å². The number of pyridine rings is 2. The van der Waals surface area contributed by atoms with E-state index in [9.17, 15) is 42.3 Å². The molecule has 0 unspecified atom stereocenters. The molecule has 0 aliphatic carbocycles. The Morgan fingerprint density at radius 1 is 1.01 bits per heavy atom. The number of rotatable bonds is 8. The average Bonchev–Trinajstić information content (AvgIpc) is 3.63. The number of alkyl halides is 3. The third-order valence-electron chi connectivity index (χ3n) is 14.8. The van der Waals surface area contributed by atoms with E-state index in [1.807, 2.05) is 0 Å². The zero-order valence-electron chi connectivity index (χ0n) is 43.4. The molecule has 4 aromatic rings. The van der Waals surface area contributed by atoms with Gasteiger partial charge in [-0.15, -0.1) is 0 Å². The highest BCUT2D eigenvalue weighted by Crippen LogP contribution is 2.43. The number of cyclic esters (lactones) is 1. The summed E-state index contributed by atoms with van der Waals surface area (Å²) in [7, 11) is 3.04. The van der Waals surface area contributed by atoms with Gasteiger partial charge in [0.25, 0.3) is 5.91 Å². The van der Waals surface area contributed by atoms with Crippen molar-refractivity contribution in [2.24, 2.45) is 11.3 Å². The Balaban J connectivity index is 1.17. The smallest absolute Gasteiger partial charge is 0.406 e. The molecule has 8 rings (SSSR count). The monoisotopic (exact) mass is 1030 g/mol. The fourth-order valence-electron chi connectivity index (χ4n) is 10.9. The van der Waals surface area contributed by atoms with Crippen molar-refractivity contribution in [3.05, 3.63) is 71.7 Å². The van der Waals surface area contributed by atoms with E-state index >= 15 is 0 Å². The van der Waals surface area contributed by atoms with Crippen LogP contribution in [0.25, 0.3) is 33.4 Å². The van der Waals surface area contributed by atoms with Crippen molar-refractivity contribution in [1.29, 1.82) is 0 Å². The van der Waals surface area contributed by atoms with Crippen LogP contribution in [0.5, 0.6) is 0 Å². The van der Waals surface area contributed by atoms with Crippen LogP contribution in [0.3, 0.4) is 0 Å². The van der Waals surface area contributed by atoms with Crippen LogP contribution >= 0.6 is 0 Å². The number of hydrogen-bond donors (Lipinski definition) is 3. The third kappa shape index (κ3) is 11.4. The largest absolute Gasteiger partial charge is 0.462 e. The quantitative estimate of drug-likeness (QED) is 0.180. The third-order valence-corrected chi connectivity index (χ3v) is 14.8. The molecule has 18 nitrogen and oxygen atoms in total. The van der Waals surface area contributed by atoms with Crippen molar-refractivity contribution < 1.29 is 56.5 Å². The van der Waals surface area contributed by atoms with Crippen LogP contribution in [0.4, 0.5) is 18.0 Å². The number of carbonyl (C=O) groups excluding carboxylic acids is 5. The molecule has 4 aliphatic heterocycles. The lowest BCUT2D eigenvalue weighted by molar-refractivity contribution is -0.189. The van der Waals surface area contributed by atoms with Gasteiger partial charge < -0.3 is 43.9 Å². The summed E-state index contributed by atoms with van der Waals surface area (Å²) in [5.41, 5.74) is 2.10. The Hall–Kier alpha value is -6.16. The van der Waals surface area contributed by atoms with Gasteiger partial charge in [-0.25, -0.2) is 9.59 Å². The number of fused-ring (bicyclic) bond motifs is 6. The SMILES string of the molecule is CO[C@@H](C)c1ncccc1-c1c2c3cc(ccc3n1CC(F)(F)F)-c1cccc(n1)C[C@H](NC(=O)[C@H](C(C)C)N(C)C(=O)N1CCC3(CC1)CN(C(C)=O)CCO3)C(=O)N1CCC[C@@](O)(N1)C(=O)OCC(C)(C)C2. The summed E-state index contributed by atoms with van der Waals surface area (Å²) in [6.07, 6.45) is -2.71. The molecule has 4 atom stereocenters. The molecule has 6 bridgehead atoms. The lowest BCUT2D eigenvalue weighted by atomic mass is 9.84. The van der Waals surface area contributed by atoms with Crippen molar-refractivity contribution in [2.75, 3.05) is 60.1 Å². The first-order valence-corrected chi connectivity index (χ1v) is 25.3. The molecule has 1 aromatic carbocycles. The van der Waals surface area contributed by atoms with Gasteiger partial charge in [0, 0.05) is 106 Å². The summed E-state index contributed by atoms with van der Waals surface area (Å²) >= 11 is 0. The van der Waals surface area contributed by atoms with Crippen molar-refractivity contribution >= 4 is 40.6 Å². The van der Waals surface area contributed by atoms with Crippen LogP contribution in [0, 0.1) is 11.3 Å². The van der Waals surface area contributed by atoms with E-state index in [4.69, 9.17) is 19.2 Å². The molecule has 3 aromatic heterocycles. The van der Waals surface area contributed by atoms with Gasteiger partial charge in [-0.05, 0) is 80.5 Å². The van der Waals surface area contributed by atoms with Gasteiger partial charge in [0.05, 0.1) is 42.0 Å². The van der Waals surface area contributed by atoms with Crippen LogP contribution in [0.15, 0.2) is 54.7 Å². The number of morpholine rings is 1. The number of amides is 5. The van der Waals surface area contributed by atoms with Crippen LogP contribution in [-0.4, -0.2) is 159 Å². The number of nitrogens with zero attached hydrogens (tertiary/aromatic N) is 7. The molecule has 3 N–H and O–H groups in total. The van der Waals surface area contributed by atoms with E-state index in [1.54, 1.807) is 106 Å². The lowest BCUT2D eigenvalue weighted by Crippen LogP contribution is -2.67. The number of esters is 1. The first-order chi connectivity index (χ1) is 34.9. The van der Waals surface area contributed by atoms with Crippen molar-refractivity contribution in [3.8, 4) is 22.5 Å². The van der Waals surface area contributed by atoms with Crippen molar-refractivity contribution in [1.82, 2.24) is 45.0 Å². The number of hydrazine groups is 1. The minimum Gasteiger partial charge on any atom is -0.462 e. The number of likely N-dealkylation sites (N-methyl/N-ethyl adjacent to an activating group) is 1. The number of likely N-dealkylation sites (tertiary alicyclic amines) is 1. The molecule has 21 heteroatoms. The van der Waals surface area contributed by atoms with E-state index in [2.05, 4.69) is 15.7 Å². The molecule has 0 radical (unpaired) electrons. The molecule has 3 fully saturated rings. The number of piperidine rings is 1. The van der Waals surface area contributed by atoms with Gasteiger partial charge in [0.2, 0.25) is 17.5 Å². The minimum absolute atomic E-state index is 0.0357. The molecule has 5 amide bonds. The Morgan fingerprint density at radius 3 is 2.45 bits per heavy atom. The second-order valence-corrected chi connectivity index (χ2v) is 21.4. The predicted octanol–water partition coefficient (Wildman–Crippen LogP) is 5.79. The minimum atomic E-state index is -4.64. The Bertz CT molecular complexity index is 2780. The summed E-state index contributed by atoms with van der Waals surface area (Å²) in [6.45, 7) is 10.9. The maximum atomic E-state index is 14.8. The molecule has 4 aliphatic rings. The number of nitrogens with one attached hydrogen (secondary N) is 2. The first kappa shape index (κ1) is 54.1. The average molecular weight is 1030 g/mol.